The first-order valence-electron chi connectivity index (χ1n) is 18.9. The van der Waals surface area contributed by atoms with Gasteiger partial charge in [-0.2, -0.15) is 0 Å². The number of cyclic esters (lactones) is 1. The molecule has 14 nitrogen and oxygen atoms in total. The predicted molar refractivity (Wildman–Crippen MR) is 200 cm³/mol. The summed E-state index contributed by atoms with van der Waals surface area (Å²) in [5.41, 5.74) is 0.980. The van der Waals surface area contributed by atoms with Crippen molar-refractivity contribution in [1.29, 1.82) is 0 Å². The number of methoxy groups -OCH3 is 1. The third-order valence-corrected chi connectivity index (χ3v) is 9.79. The highest BCUT2D eigenvalue weighted by molar-refractivity contribution is 5.72. The molecule has 0 amide bonds. The molecule has 0 aromatic heterocycles. The summed E-state index contributed by atoms with van der Waals surface area (Å²) in [6.07, 6.45) is -0.774. The Morgan fingerprint density at radius 3 is 2.27 bits per heavy atom. The minimum atomic E-state index is -1.40. The van der Waals surface area contributed by atoms with Crippen molar-refractivity contribution in [1.82, 2.24) is 4.90 Å². The Morgan fingerprint density at radius 2 is 1.65 bits per heavy atom. The number of allylic oxidation sites excluding steroid dienone is 2. The van der Waals surface area contributed by atoms with Gasteiger partial charge in [-0.1, -0.05) is 55.5 Å². The van der Waals surface area contributed by atoms with Crippen molar-refractivity contribution in [3.8, 4) is 0 Å². The summed E-state index contributed by atoms with van der Waals surface area (Å²) >= 11 is 0. The van der Waals surface area contributed by atoms with Crippen molar-refractivity contribution in [2.24, 2.45) is 11.8 Å². The molecule has 0 unspecified atom stereocenters. The first-order chi connectivity index (χ1) is 26.1. The van der Waals surface area contributed by atoms with Crippen molar-refractivity contribution in [3.63, 3.8) is 0 Å². The van der Waals surface area contributed by atoms with Crippen molar-refractivity contribution < 1.29 is 62.2 Å². The summed E-state index contributed by atoms with van der Waals surface area (Å²) < 4.78 is 41.8. The molecule has 1 fully saturated rings. The highest BCUT2D eigenvalue weighted by Gasteiger charge is 2.50. The van der Waals surface area contributed by atoms with Gasteiger partial charge in [0.2, 0.25) is 0 Å². The highest BCUT2D eigenvalue weighted by Crippen LogP contribution is 2.35. The van der Waals surface area contributed by atoms with Crippen LogP contribution < -0.4 is 0 Å². The van der Waals surface area contributed by atoms with Gasteiger partial charge in [-0.3, -0.25) is 19.2 Å². The van der Waals surface area contributed by atoms with Gasteiger partial charge in [0.1, 0.15) is 42.9 Å². The van der Waals surface area contributed by atoms with Crippen LogP contribution in [-0.2, 0) is 63.6 Å². The topological polar surface area (TPSA) is 173 Å². The Kier molecular flexibility index (Phi) is 18.6. The summed E-state index contributed by atoms with van der Waals surface area (Å²) in [6, 6.07) is 8.74. The first kappa shape index (κ1) is 45.4. The SMILES string of the molecule is CO[C@@H]1[C@@H](O[C@H]2O[C@@H](C)[C@H](OC(=O)CCc3ccccc3)[C@@H](N(C)C)[C@@H]2O)[C@@H](CC=O)C[C@@H](C)[C@@H](OC(C)=O)/C=C/C=C/C[C@@H](C)OC(=O)C[C@H]1OC(C)=O. The maximum Gasteiger partial charge on any atom is 0.309 e. The summed E-state index contributed by atoms with van der Waals surface area (Å²) in [5, 5.41) is 11.9. The average molecular weight is 774 g/mol. The second-order valence-electron chi connectivity index (χ2n) is 14.5. The van der Waals surface area contributed by atoms with E-state index in [9.17, 15) is 29.1 Å². The Labute approximate surface area is 324 Å². The number of aldehydes is 1. The molecule has 306 valence electrons. The zero-order chi connectivity index (χ0) is 40.7. The maximum atomic E-state index is 13.2. The van der Waals surface area contributed by atoms with Crippen molar-refractivity contribution in [2.75, 3.05) is 21.2 Å². The van der Waals surface area contributed by atoms with Crippen LogP contribution in [0, 0.1) is 11.8 Å². The molecule has 14 heteroatoms. The number of nitrogens with zero attached hydrogens (tertiary/aromatic N) is 1. The van der Waals surface area contributed by atoms with Gasteiger partial charge in [-0.05, 0) is 64.3 Å². The molecule has 0 radical (unpaired) electrons. The lowest BCUT2D eigenvalue weighted by atomic mass is 9.82. The fraction of sp³-hybridized carbons (Fsp3) is 0.634. The van der Waals surface area contributed by atoms with Gasteiger partial charge in [0.05, 0.1) is 24.7 Å². The van der Waals surface area contributed by atoms with Crippen LogP contribution in [0.2, 0.25) is 0 Å². The molecule has 0 bridgehead atoms. The van der Waals surface area contributed by atoms with Gasteiger partial charge >= 0.3 is 23.9 Å². The van der Waals surface area contributed by atoms with E-state index in [2.05, 4.69) is 0 Å². The number of aryl methyl sites for hydroxylation is 1. The number of ether oxygens (including phenoxy) is 7. The lowest BCUT2D eigenvalue weighted by molar-refractivity contribution is -0.311. The van der Waals surface area contributed by atoms with Crippen LogP contribution in [0.15, 0.2) is 54.6 Å². The van der Waals surface area contributed by atoms with Gasteiger partial charge < -0.3 is 48.0 Å². The number of hydrogen-bond acceptors (Lipinski definition) is 14. The largest absolute Gasteiger partial charge is 0.462 e. The molecule has 55 heavy (non-hydrogen) atoms. The van der Waals surface area contributed by atoms with Crippen LogP contribution in [0.4, 0.5) is 0 Å². The fourth-order valence-electron chi connectivity index (χ4n) is 7.17. The molecule has 1 N–H and O–H groups in total. The van der Waals surface area contributed by atoms with Gasteiger partial charge in [-0.25, -0.2) is 0 Å². The molecule has 2 aliphatic heterocycles. The predicted octanol–water partition coefficient (Wildman–Crippen LogP) is 3.90. The maximum absolute atomic E-state index is 13.2. The Bertz CT molecular complexity index is 1450. The number of aliphatic hydroxyl groups is 1. The van der Waals surface area contributed by atoms with Crippen LogP contribution >= 0.6 is 0 Å². The van der Waals surface area contributed by atoms with Crippen LogP contribution in [-0.4, -0.2) is 123 Å². The number of rotatable bonds is 12. The lowest BCUT2D eigenvalue weighted by Crippen LogP contribution is -2.64. The van der Waals surface area contributed by atoms with E-state index < -0.39 is 97.4 Å². The summed E-state index contributed by atoms with van der Waals surface area (Å²) in [4.78, 5) is 65.0. The summed E-state index contributed by atoms with van der Waals surface area (Å²) in [6.45, 7) is 7.78. The van der Waals surface area contributed by atoms with Crippen LogP contribution in [0.25, 0.3) is 0 Å². The molecule has 1 aromatic rings. The number of esters is 4. The zero-order valence-electron chi connectivity index (χ0n) is 33.2. The third-order valence-electron chi connectivity index (χ3n) is 9.79. The number of hydrogen-bond donors (Lipinski definition) is 1. The minimum Gasteiger partial charge on any atom is -0.462 e. The molecule has 1 aromatic carbocycles. The summed E-state index contributed by atoms with van der Waals surface area (Å²) in [5.74, 6) is -3.40. The normalized spacial score (nSPS) is 33.5. The molecular weight excluding hydrogens is 714 g/mol. The molecule has 0 aliphatic carbocycles. The molecule has 1 saturated heterocycles. The molecule has 3 rings (SSSR count). The monoisotopic (exact) mass is 773 g/mol. The molecule has 2 heterocycles. The number of benzene rings is 1. The van der Waals surface area contributed by atoms with Crippen LogP contribution in [0.5, 0.6) is 0 Å². The second kappa shape index (κ2) is 22.6. The van der Waals surface area contributed by atoms with Crippen LogP contribution in [0.1, 0.15) is 72.3 Å². The highest BCUT2D eigenvalue weighted by atomic mass is 16.7. The lowest BCUT2D eigenvalue weighted by Gasteiger charge is -2.47. The van der Waals surface area contributed by atoms with Crippen molar-refractivity contribution in [3.05, 3.63) is 60.2 Å². The average Bonchev–Trinajstić information content (AvgIpc) is 3.11. The van der Waals surface area contributed by atoms with Gasteiger partial charge in [0.15, 0.2) is 6.29 Å². The third kappa shape index (κ3) is 14.3. The number of carbonyl (C=O) groups excluding carboxylic acids is 5. The quantitative estimate of drug-likeness (QED) is 0.184. The van der Waals surface area contributed by atoms with Crippen molar-refractivity contribution >= 4 is 30.2 Å². The smallest absolute Gasteiger partial charge is 0.309 e. The van der Waals surface area contributed by atoms with E-state index in [0.29, 0.717) is 19.1 Å². The van der Waals surface area contributed by atoms with Gasteiger partial charge in [0, 0.05) is 40.2 Å². The van der Waals surface area contributed by atoms with Crippen molar-refractivity contribution in [2.45, 2.75) is 134 Å². The molecule has 12 atom stereocenters. The Hall–Kier alpha value is -3.95. The van der Waals surface area contributed by atoms with E-state index in [-0.39, 0.29) is 25.2 Å². The molecular formula is C41H59NO13. The Balaban J connectivity index is 2.03. The minimum absolute atomic E-state index is 0.0866. The molecule has 0 spiro atoms. The Morgan fingerprint density at radius 1 is 0.964 bits per heavy atom. The van der Waals surface area contributed by atoms with Gasteiger partial charge in [0.25, 0.3) is 0 Å². The zero-order valence-corrected chi connectivity index (χ0v) is 33.2. The molecule has 2 aliphatic rings. The van der Waals surface area contributed by atoms with Crippen LogP contribution in [0.3, 0.4) is 0 Å². The van der Waals surface area contributed by atoms with E-state index in [1.54, 1.807) is 51.1 Å². The van der Waals surface area contributed by atoms with Gasteiger partial charge in [-0.15, -0.1) is 0 Å². The molecule has 0 saturated carbocycles. The number of carbonyl (C=O) groups is 5. The standard InChI is InChI=1S/C41H59NO13/c1-25-23-31(21-22-43)39(40(49-8)33(53-29(5)45)24-35(47)50-26(2)15-11-9-14-18-32(25)52-28(4)44)55-41-37(48)36(42(6)7)38(27(3)51-41)54-34(46)20-19-30-16-12-10-13-17-30/h9-14,16-18,22,25-27,31-33,36-41,48H,15,19-21,23-24H2,1-8H3/b11-9+,18-14+/t25-,26-,27+,31+,32+,33-,36+,37+,38+,39+,40+,41-/m1/s1. The number of likely N-dealkylation sites (N-methyl/N-ethyl adjacent to an activating group) is 1. The van der Waals surface area contributed by atoms with E-state index >= 15 is 0 Å². The fourth-order valence-corrected chi connectivity index (χ4v) is 7.17. The first-order valence-corrected chi connectivity index (χ1v) is 18.9. The second-order valence-corrected chi connectivity index (χ2v) is 14.5. The summed E-state index contributed by atoms with van der Waals surface area (Å²) in [7, 11) is 4.82. The van der Waals surface area contributed by atoms with E-state index in [1.165, 1.54) is 21.0 Å². The van der Waals surface area contributed by atoms with E-state index in [0.717, 1.165) is 5.56 Å². The van der Waals surface area contributed by atoms with E-state index in [4.69, 9.17) is 33.2 Å². The number of aliphatic hydroxyl groups excluding tert-OH is 1. The van der Waals surface area contributed by atoms with E-state index in [1.807, 2.05) is 43.3 Å².